The zero-order valence-corrected chi connectivity index (χ0v) is 9.27. The number of hydrogen-bond acceptors (Lipinski definition) is 1. The summed E-state index contributed by atoms with van der Waals surface area (Å²) in [4.78, 5) is 0. The molecule has 1 nitrogen and oxygen atoms in total. The van der Waals surface area contributed by atoms with Gasteiger partial charge in [-0.3, -0.25) is 0 Å². The lowest BCUT2D eigenvalue weighted by Crippen LogP contribution is -2.34. The molecule has 0 spiro atoms. The minimum absolute atomic E-state index is 0.188. The van der Waals surface area contributed by atoms with Crippen molar-refractivity contribution >= 4 is 0 Å². The largest absolute Gasteiger partial charge is 0.380 e. The number of rotatable bonds is 3. The molecule has 0 radical (unpaired) electrons. The van der Waals surface area contributed by atoms with Crippen LogP contribution in [0, 0.1) is 11.3 Å². The fourth-order valence-corrected chi connectivity index (χ4v) is 1.57. The summed E-state index contributed by atoms with van der Waals surface area (Å²) in [6.07, 6.45) is 0.259. The molecule has 2 atom stereocenters. The Balaban J connectivity index is 4.45. The van der Waals surface area contributed by atoms with Gasteiger partial charge in [0.15, 0.2) is 0 Å². The van der Waals surface area contributed by atoms with Crippen molar-refractivity contribution in [2.24, 2.45) is 11.3 Å². The fraction of sp³-hybridized carbons (Fsp3) is 0.818. The van der Waals surface area contributed by atoms with Gasteiger partial charge in [0, 0.05) is 13.0 Å². The first-order valence-electron chi connectivity index (χ1n) is 4.49. The fourth-order valence-electron chi connectivity index (χ4n) is 1.57. The van der Waals surface area contributed by atoms with Crippen LogP contribution in [-0.2, 0) is 4.74 Å². The second kappa shape index (κ2) is 4.08. The van der Waals surface area contributed by atoms with Gasteiger partial charge in [-0.15, -0.1) is 0 Å². The van der Waals surface area contributed by atoms with Gasteiger partial charge in [0.1, 0.15) is 0 Å². The van der Waals surface area contributed by atoms with E-state index in [1.54, 1.807) is 7.11 Å². The van der Waals surface area contributed by atoms with Gasteiger partial charge < -0.3 is 4.74 Å². The molecule has 0 heterocycles. The Hall–Kier alpha value is -0.300. The van der Waals surface area contributed by atoms with Gasteiger partial charge in [-0.1, -0.05) is 39.8 Å². The van der Waals surface area contributed by atoms with E-state index in [1.807, 2.05) is 0 Å². The van der Waals surface area contributed by atoms with E-state index in [0.29, 0.717) is 5.92 Å². The summed E-state index contributed by atoms with van der Waals surface area (Å²) < 4.78 is 5.48. The minimum atomic E-state index is 0.188. The van der Waals surface area contributed by atoms with Crippen LogP contribution in [0.4, 0.5) is 0 Å². The average Bonchev–Trinajstić information content (AvgIpc) is 1.85. The van der Waals surface area contributed by atoms with Crippen LogP contribution in [0.25, 0.3) is 0 Å². The van der Waals surface area contributed by atoms with Crippen LogP contribution in [0.15, 0.2) is 12.2 Å². The van der Waals surface area contributed by atoms with E-state index in [2.05, 4.69) is 41.2 Å². The maximum absolute atomic E-state index is 5.48. The van der Waals surface area contributed by atoms with E-state index in [1.165, 1.54) is 5.57 Å². The Bertz CT molecular complexity index is 153. The van der Waals surface area contributed by atoms with E-state index < -0.39 is 0 Å². The molecule has 0 amide bonds. The third kappa shape index (κ3) is 2.98. The van der Waals surface area contributed by atoms with Crippen molar-refractivity contribution in [1.82, 2.24) is 0 Å². The first-order valence-corrected chi connectivity index (χ1v) is 4.49. The first-order chi connectivity index (χ1) is 5.30. The van der Waals surface area contributed by atoms with E-state index in [4.69, 9.17) is 4.74 Å². The van der Waals surface area contributed by atoms with Gasteiger partial charge in [-0.25, -0.2) is 0 Å². The second-order valence-corrected chi connectivity index (χ2v) is 4.66. The third-order valence-electron chi connectivity index (χ3n) is 2.34. The Morgan fingerprint density at radius 2 is 1.75 bits per heavy atom. The van der Waals surface area contributed by atoms with Crippen LogP contribution in [0.1, 0.15) is 34.6 Å². The van der Waals surface area contributed by atoms with E-state index >= 15 is 0 Å². The molecule has 0 rings (SSSR count). The first kappa shape index (κ1) is 11.7. The molecule has 0 aromatic heterocycles. The maximum atomic E-state index is 5.48. The van der Waals surface area contributed by atoms with Gasteiger partial charge in [0.25, 0.3) is 0 Å². The molecule has 0 N–H and O–H groups in total. The van der Waals surface area contributed by atoms with Crippen molar-refractivity contribution in [2.45, 2.75) is 40.7 Å². The van der Waals surface area contributed by atoms with Gasteiger partial charge in [0.2, 0.25) is 0 Å². The van der Waals surface area contributed by atoms with Crippen LogP contribution in [0.2, 0.25) is 0 Å². The Morgan fingerprint density at radius 1 is 1.33 bits per heavy atom. The van der Waals surface area contributed by atoms with Gasteiger partial charge in [0.05, 0.1) is 6.10 Å². The van der Waals surface area contributed by atoms with E-state index in [9.17, 15) is 0 Å². The summed E-state index contributed by atoms with van der Waals surface area (Å²) >= 11 is 0. The predicted molar refractivity (Wildman–Crippen MR) is 54.2 cm³/mol. The molecule has 1 heteroatoms. The molecule has 0 aliphatic carbocycles. The van der Waals surface area contributed by atoms with Crippen LogP contribution in [0.5, 0.6) is 0 Å². The molecular weight excluding hydrogens is 148 g/mol. The monoisotopic (exact) mass is 170 g/mol. The SMILES string of the molecule is C=C(C)[C@@H](C)[C@@H](OC)C(C)(C)C. The van der Waals surface area contributed by atoms with Crippen LogP contribution in [0.3, 0.4) is 0 Å². The van der Waals surface area contributed by atoms with Crippen LogP contribution >= 0.6 is 0 Å². The number of hydrogen-bond donors (Lipinski definition) is 0. The molecule has 0 aliphatic rings. The average molecular weight is 170 g/mol. The summed E-state index contributed by atoms with van der Waals surface area (Å²) in [7, 11) is 1.77. The molecule has 0 saturated heterocycles. The zero-order chi connectivity index (χ0) is 9.94. The molecule has 0 aliphatic heterocycles. The molecule has 0 unspecified atom stereocenters. The molecule has 0 aromatic carbocycles. The molecular formula is C11H22O. The quantitative estimate of drug-likeness (QED) is 0.591. The number of ether oxygens (including phenoxy) is 1. The number of methoxy groups -OCH3 is 1. The van der Waals surface area contributed by atoms with Crippen molar-refractivity contribution in [3.63, 3.8) is 0 Å². The van der Waals surface area contributed by atoms with Crippen molar-refractivity contribution < 1.29 is 4.74 Å². The lowest BCUT2D eigenvalue weighted by Gasteiger charge is -2.34. The Labute approximate surface area is 76.8 Å². The summed E-state index contributed by atoms with van der Waals surface area (Å²) in [6, 6.07) is 0. The zero-order valence-electron chi connectivity index (χ0n) is 9.27. The molecule has 0 fully saturated rings. The standard InChI is InChI=1S/C11H22O/c1-8(2)9(3)10(12-7)11(4,5)6/h9-10H,1H2,2-7H3/t9-,10-/m1/s1. The minimum Gasteiger partial charge on any atom is -0.380 e. The molecule has 72 valence electrons. The molecule has 0 bridgehead atoms. The van der Waals surface area contributed by atoms with Gasteiger partial charge in [-0.05, 0) is 12.3 Å². The summed E-state index contributed by atoms with van der Waals surface area (Å²) in [5.41, 5.74) is 1.38. The highest BCUT2D eigenvalue weighted by Crippen LogP contribution is 2.30. The highest BCUT2D eigenvalue weighted by Gasteiger charge is 2.29. The predicted octanol–water partition coefficient (Wildman–Crippen LogP) is 3.26. The van der Waals surface area contributed by atoms with E-state index in [-0.39, 0.29) is 11.5 Å². The summed E-state index contributed by atoms with van der Waals surface area (Å²) in [5, 5.41) is 0. The maximum Gasteiger partial charge on any atom is 0.0681 e. The topological polar surface area (TPSA) is 9.23 Å². The lowest BCUT2D eigenvalue weighted by atomic mass is 9.79. The highest BCUT2D eigenvalue weighted by molar-refractivity contribution is 5.00. The second-order valence-electron chi connectivity index (χ2n) is 4.66. The van der Waals surface area contributed by atoms with Crippen LogP contribution < -0.4 is 0 Å². The van der Waals surface area contributed by atoms with Crippen molar-refractivity contribution in [3.05, 3.63) is 12.2 Å². The smallest absolute Gasteiger partial charge is 0.0681 e. The Kier molecular flexibility index (Phi) is 3.98. The van der Waals surface area contributed by atoms with Crippen molar-refractivity contribution in [1.29, 1.82) is 0 Å². The molecule has 12 heavy (non-hydrogen) atoms. The van der Waals surface area contributed by atoms with Gasteiger partial charge >= 0.3 is 0 Å². The summed E-state index contributed by atoms with van der Waals surface area (Å²) in [5.74, 6) is 0.426. The third-order valence-corrected chi connectivity index (χ3v) is 2.34. The summed E-state index contributed by atoms with van der Waals surface area (Å²) in [6.45, 7) is 14.8. The normalized spacial score (nSPS) is 17.2. The van der Waals surface area contributed by atoms with Crippen LogP contribution in [-0.4, -0.2) is 13.2 Å². The molecule has 0 aromatic rings. The van der Waals surface area contributed by atoms with Crippen molar-refractivity contribution in [2.75, 3.05) is 7.11 Å². The van der Waals surface area contributed by atoms with Crippen molar-refractivity contribution in [3.8, 4) is 0 Å². The lowest BCUT2D eigenvalue weighted by molar-refractivity contribution is -0.0109. The highest BCUT2D eigenvalue weighted by atomic mass is 16.5. The van der Waals surface area contributed by atoms with E-state index in [0.717, 1.165) is 0 Å². The van der Waals surface area contributed by atoms with Gasteiger partial charge in [-0.2, -0.15) is 0 Å². The molecule has 0 saturated carbocycles. The Morgan fingerprint density at radius 3 is 1.83 bits per heavy atom.